The Balaban J connectivity index is 4.72. The number of hydrogen-bond acceptors (Lipinski definition) is 0. The molecule has 0 aromatic rings. The van der Waals surface area contributed by atoms with Gasteiger partial charge in [0.05, 0.1) is 0 Å². The first-order chi connectivity index (χ1) is 13.6. The fourth-order valence-corrected chi connectivity index (χ4v) is 5.17. The summed E-state index contributed by atoms with van der Waals surface area (Å²) in [5.74, 6) is 0.744. The average Bonchev–Trinajstić information content (AvgIpc) is 2.69. The van der Waals surface area contributed by atoms with Gasteiger partial charge in [-0.3, -0.25) is 0 Å². The number of rotatable bonds is 22. The van der Waals surface area contributed by atoms with E-state index in [0.29, 0.717) is 0 Å². The fraction of sp³-hybridized carbons (Fsp3) is 1.00. The lowest BCUT2D eigenvalue weighted by Gasteiger charge is -2.37. The van der Waals surface area contributed by atoms with Gasteiger partial charge in [-0.25, -0.2) is 0 Å². The van der Waals surface area contributed by atoms with Crippen molar-refractivity contribution < 1.29 is 0 Å². The van der Waals surface area contributed by atoms with Gasteiger partial charge >= 0.3 is 0 Å². The minimum Gasteiger partial charge on any atom is -0.119 e. The Morgan fingerprint density at radius 2 is 0.821 bits per heavy atom. The van der Waals surface area contributed by atoms with Crippen molar-refractivity contribution in [3.63, 3.8) is 0 Å². The lowest BCUT2D eigenvalue weighted by atomic mass is 9.77. The molecule has 0 aliphatic heterocycles. The molecule has 1 atom stereocenters. The van der Waals surface area contributed by atoms with Crippen molar-refractivity contribution in [2.45, 2.75) is 167 Å². The molecule has 0 N–H and O–H groups in total. The van der Waals surface area contributed by atoms with Gasteiger partial charge in [0.2, 0.25) is 0 Å². The predicted octanol–water partition coefficient (Wildman–Crippen LogP) is 10.9. The number of alkyl halides is 1. The predicted molar refractivity (Wildman–Crippen MR) is 132 cm³/mol. The SMILES string of the molecule is CCCCCCCC(CCCC)C(Cl)(CCCCCCC)CCCCCCC. The van der Waals surface area contributed by atoms with Gasteiger partial charge in [0, 0.05) is 4.87 Å². The molecule has 0 amide bonds. The highest BCUT2D eigenvalue weighted by Gasteiger charge is 2.34. The average molecular weight is 415 g/mol. The van der Waals surface area contributed by atoms with Crippen LogP contribution in [0.4, 0.5) is 0 Å². The van der Waals surface area contributed by atoms with Gasteiger partial charge in [0.15, 0.2) is 0 Å². The van der Waals surface area contributed by atoms with Crippen molar-refractivity contribution in [3.05, 3.63) is 0 Å². The Kier molecular flexibility index (Phi) is 20.8. The van der Waals surface area contributed by atoms with Crippen LogP contribution in [0.1, 0.15) is 163 Å². The highest BCUT2D eigenvalue weighted by Crippen LogP contribution is 2.42. The van der Waals surface area contributed by atoms with E-state index in [1.807, 2.05) is 0 Å². The van der Waals surface area contributed by atoms with Crippen LogP contribution < -0.4 is 0 Å². The van der Waals surface area contributed by atoms with Crippen molar-refractivity contribution in [3.8, 4) is 0 Å². The van der Waals surface area contributed by atoms with E-state index in [1.165, 1.54) is 135 Å². The summed E-state index contributed by atoms with van der Waals surface area (Å²) in [7, 11) is 0. The Bertz CT molecular complexity index is 285. The Morgan fingerprint density at radius 1 is 0.464 bits per heavy atom. The zero-order chi connectivity index (χ0) is 20.9. The summed E-state index contributed by atoms with van der Waals surface area (Å²) in [6.45, 7) is 9.26. The maximum Gasteiger partial charge on any atom is 0.0475 e. The third-order valence-electron chi connectivity index (χ3n) is 6.69. The summed E-state index contributed by atoms with van der Waals surface area (Å²) in [6, 6.07) is 0. The van der Waals surface area contributed by atoms with Crippen molar-refractivity contribution in [2.24, 2.45) is 5.92 Å². The molecule has 0 nitrogen and oxygen atoms in total. The van der Waals surface area contributed by atoms with E-state index in [9.17, 15) is 0 Å². The third-order valence-corrected chi connectivity index (χ3v) is 7.37. The molecule has 0 aliphatic carbocycles. The molecule has 0 saturated carbocycles. The molecule has 0 aromatic heterocycles. The molecule has 0 rings (SSSR count). The maximum absolute atomic E-state index is 7.51. The number of unbranched alkanes of at least 4 members (excludes halogenated alkanes) is 13. The van der Waals surface area contributed by atoms with E-state index < -0.39 is 0 Å². The van der Waals surface area contributed by atoms with Gasteiger partial charge < -0.3 is 0 Å². The van der Waals surface area contributed by atoms with Crippen LogP contribution in [0.2, 0.25) is 0 Å². The van der Waals surface area contributed by atoms with E-state index in [1.54, 1.807) is 0 Å². The van der Waals surface area contributed by atoms with Gasteiger partial charge in [0.25, 0.3) is 0 Å². The molecule has 1 heteroatoms. The minimum atomic E-state index is 0.0817. The van der Waals surface area contributed by atoms with Crippen molar-refractivity contribution in [1.82, 2.24) is 0 Å². The molecule has 0 saturated heterocycles. The van der Waals surface area contributed by atoms with E-state index >= 15 is 0 Å². The van der Waals surface area contributed by atoms with Crippen LogP contribution in [-0.4, -0.2) is 4.87 Å². The zero-order valence-electron chi connectivity index (χ0n) is 20.3. The summed E-state index contributed by atoms with van der Waals surface area (Å²) < 4.78 is 0. The standard InChI is InChI=1S/C27H55Cl/c1-5-9-13-16-19-23-26(22-12-8-4)27(28,24-20-17-14-10-6-2)25-21-18-15-11-7-3/h26H,5-25H2,1-4H3. The molecule has 0 heterocycles. The summed E-state index contributed by atoms with van der Waals surface area (Å²) in [6.07, 6.45) is 28.6. The van der Waals surface area contributed by atoms with E-state index in [4.69, 9.17) is 11.6 Å². The zero-order valence-corrected chi connectivity index (χ0v) is 21.1. The first kappa shape index (κ1) is 28.3. The van der Waals surface area contributed by atoms with Crippen LogP contribution in [0.3, 0.4) is 0 Å². The topological polar surface area (TPSA) is 0 Å². The van der Waals surface area contributed by atoms with E-state index in [-0.39, 0.29) is 4.87 Å². The molecule has 0 radical (unpaired) electrons. The molecule has 0 aromatic carbocycles. The van der Waals surface area contributed by atoms with Crippen LogP contribution in [0.5, 0.6) is 0 Å². The van der Waals surface area contributed by atoms with Gasteiger partial charge in [-0.2, -0.15) is 0 Å². The molecule has 28 heavy (non-hydrogen) atoms. The smallest absolute Gasteiger partial charge is 0.0475 e. The summed E-state index contributed by atoms with van der Waals surface area (Å²) in [5, 5.41) is 0. The summed E-state index contributed by atoms with van der Waals surface area (Å²) >= 11 is 7.51. The number of halogens is 1. The molecular weight excluding hydrogens is 360 g/mol. The monoisotopic (exact) mass is 414 g/mol. The molecule has 0 fully saturated rings. The largest absolute Gasteiger partial charge is 0.119 e. The van der Waals surface area contributed by atoms with E-state index in [0.717, 1.165) is 5.92 Å². The summed E-state index contributed by atoms with van der Waals surface area (Å²) in [4.78, 5) is 0.0817. The Morgan fingerprint density at radius 3 is 1.25 bits per heavy atom. The minimum absolute atomic E-state index is 0.0817. The van der Waals surface area contributed by atoms with Crippen molar-refractivity contribution in [1.29, 1.82) is 0 Å². The molecule has 0 aliphatic rings. The Labute approximate surface area is 185 Å². The third kappa shape index (κ3) is 15.2. The second-order valence-electron chi connectivity index (χ2n) is 9.41. The first-order valence-electron chi connectivity index (χ1n) is 13.3. The van der Waals surface area contributed by atoms with Gasteiger partial charge in [0.1, 0.15) is 0 Å². The lowest BCUT2D eigenvalue weighted by molar-refractivity contribution is 0.265. The number of hydrogen-bond donors (Lipinski definition) is 0. The van der Waals surface area contributed by atoms with Crippen LogP contribution in [0.15, 0.2) is 0 Å². The van der Waals surface area contributed by atoms with Gasteiger partial charge in [-0.05, 0) is 31.6 Å². The van der Waals surface area contributed by atoms with Gasteiger partial charge in [-0.15, -0.1) is 11.6 Å². The summed E-state index contributed by atoms with van der Waals surface area (Å²) in [5.41, 5.74) is 0. The first-order valence-corrected chi connectivity index (χ1v) is 13.7. The molecule has 0 bridgehead atoms. The molecule has 0 spiro atoms. The Hall–Kier alpha value is 0.290. The van der Waals surface area contributed by atoms with E-state index in [2.05, 4.69) is 27.7 Å². The second kappa shape index (κ2) is 20.6. The second-order valence-corrected chi connectivity index (χ2v) is 10.2. The molecule has 1 unspecified atom stereocenters. The highest BCUT2D eigenvalue weighted by atomic mass is 35.5. The van der Waals surface area contributed by atoms with Crippen molar-refractivity contribution in [2.75, 3.05) is 0 Å². The molecular formula is C27H55Cl. The highest BCUT2D eigenvalue weighted by molar-refractivity contribution is 6.24. The quantitative estimate of drug-likeness (QED) is 0.122. The van der Waals surface area contributed by atoms with Crippen LogP contribution >= 0.6 is 11.6 Å². The van der Waals surface area contributed by atoms with Crippen LogP contribution in [0, 0.1) is 5.92 Å². The lowest BCUT2D eigenvalue weighted by Crippen LogP contribution is -2.32. The maximum atomic E-state index is 7.51. The normalized spacial score (nSPS) is 13.2. The molecule has 170 valence electrons. The fourth-order valence-electron chi connectivity index (χ4n) is 4.68. The van der Waals surface area contributed by atoms with Crippen molar-refractivity contribution >= 4 is 11.6 Å². The van der Waals surface area contributed by atoms with Crippen LogP contribution in [-0.2, 0) is 0 Å². The van der Waals surface area contributed by atoms with Gasteiger partial charge in [-0.1, -0.05) is 137 Å². The van der Waals surface area contributed by atoms with Crippen LogP contribution in [0.25, 0.3) is 0 Å².